The summed E-state index contributed by atoms with van der Waals surface area (Å²) in [5.74, 6) is -1.12. The molecule has 0 spiro atoms. The molecule has 142 valence electrons. The van der Waals surface area contributed by atoms with E-state index in [1.807, 2.05) is 6.92 Å². The van der Waals surface area contributed by atoms with Gasteiger partial charge in [0.05, 0.1) is 11.1 Å². The number of hydrogen-bond acceptors (Lipinski definition) is 3. The number of nitrogens with one attached hydrogen (secondary N) is 2. The molecule has 0 unspecified atom stereocenters. The summed E-state index contributed by atoms with van der Waals surface area (Å²) < 4.78 is 12.9. The van der Waals surface area contributed by atoms with Crippen molar-refractivity contribution >= 4 is 29.1 Å². The van der Waals surface area contributed by atoms with Crippen LogP contribution in [0.15, 0.2) is 60.9 Å². The number of pyridine rings is 1. The Kier molecular flexibility index (Phi) is 6.01. The molecule has 0 fully saturated rings. The zero-order chi connectivity index (χ0) is 20.1. The second-order valence-corrected chi connectivity index (χ2v) is 6.62. The first-order valence-electron chi connectivity index (χ1n) is 8.47. The van der Waals surface area contributed by atoms with Crippen molar-refractivity contribution in [3.05, 3.63) is 94.0 Å². The molecule has 3 rings (SSSR count). The van der Waals surface area contributed by atoms with Gasteiger partial charge in [-0.15, -0.1) is 0 Å². The van der Waals surface area contributed by atoms with Crippen molar-refractivity contribution in [1.82, 2.24) is 10.3 Å². The van der Waals surface area contributed by atoms with Crippen molar-refractivity contribution in [2.75, 3.05) is 5.32 Å². The maximum absolute atomic E-state index is 12.9. The smallest absolute Gasteiger partial charge is 0.257 e. The van der Waals surface area contributed by atoms with Gasteiger partial charge in [0.25, 0.3) is 11.8 Å². The molecule has 0 aliphatic heterocycles. The van der Waals surface area contributed by atoms with Gasteiger partial charge in [-0.1, -0.05) is 29.8 Å². The fourth-order valence-corrected chi connectivity index (χ4v) is 2.67. The molecule has 0 aliphatic rings. The van der Waals surface area contributed by atoms with Gasteiger partial charge in [-0.05, 0) is 48.4 Å². The lowest BCUT2D eigenvalue weighted by atomic mass is 10.1. The minimum absolute atomic E-state index is 0.233. The summed E-state index contributed by atoms with van der Waals surface area (Å²) in [5, 5.41) is 5.99. The SMILES string of the molecule is Cc1ccc(Cl)cc1NC(=O)c1cncc(C(=O)NCc2ccc(F)cc2)c1. The lowest BCUT2D eigenvalue weighted by Gasteiger charge is -2.10. The van der Waals surface area contributed by atoms with E-state index in [9.17, 15) is 14.0 Å². The van der Waals surface area contributed by atoms with Crippen LogP contribution in [0.25, 0.3) is 0 Å². The van der Waals surface area contributed by atoms with Gasteiger partial charge in [-0.25, -0.2) is 4.39 Å². The molecule has 5 nitrogen and oxygen atoms in total. The van der Waals surface area contributed by atoms with Crippen molar-refractivity contribution in [3.63, 3.8) is 0 Å². The second kappa shape index (κ2) is 8.63. The molecule has 0 atom stereocenters. The molecule has 0 aliphatic carbocycles. The van der Waals surface area contributed by atoms with Gasteiger partial charge in [0.2, 0.25) is 0 Å². The minimum Gasteiger partial charge on any atom is -0.348 e. The van der Waals surface area contributed by atoms with Crippen LogP contribution in [-0.4, -0.2) is 16.8 Å². The lowest BCUT2D eigenvalue weighted by molar-refractivity contribution is 0.0950. The van der Waals surface area contributed by atoms with Gasteiger partial charge < -0.3 is 10.6 Å². The molecule has 2 N–H and O–H groups in total. The van der Waals surface area contributed by atoms with E-state index in [-0.39, 0.29) is 29.4 Å². The summed E-state index contributed by atoms with van der Waals surface area (Å²) in [6.45, 7) is 2.08. The molecule has 3 aromatic rings. The highest BCUT2D eigenvalue weighted by molar-refractivity contribution is 6.31. The Balaban J connectivity index is 1.68. The number of carbonyl (C=O) groups excluding carboxylic acids is 2. The Morgan fingerprint density at radius 1 is 1.00 bits per heavy atom. The maximum atomic E-state index is 12.9. The van der Waals surface area contributed by atoms with Crippen LogP contribution < -0.4 is 10.6 Å². The fraction of sp³-hybridized carbons (Fsp3) is 0.0952. The first-order valence-corrected chi connectivity index (χ1v) is 8.85. The second-order valence-electron chi connectivity index (χ2n) is 6.18. The standard InChI is InChI=1S/C21H17ClFN3O2/c1-13-2-5-17(22)9-19(13)26-21(28)16-8-15(11-24-12-16)20(27)25-10-14-3-6-18(23)7-4-14/h2-9,11-12H,10H2,1H3,(H,25,27)(H,26,28). The van der Waals surface area contributed by atoms with Gasteiger partial charge in [0.1, 0.15) is 5.82 Å². The molecule has 1 aromatic heterocycles. The number of aromatic nitrogens is 1. The van der Waals surface area contributed by atoms with Crippen LogP contribution in [0, 0.1) is 12.7 Å². The molecule has 0 radical (unpaired) electrons. The van der Waals surface area contributed by atoms with E-state index >= 15 is 0 Å². The van der Waals surface area contributed by atoms with E-state index in [1.165, 1.54) is 30.6 Å². The zero-order valence-corrected chi connectivity index (χ0v) is 15.8. The molecule has 0 saturated carbocycles. The largest absolute Gasteiger partial charge is 0.348 e. The fourth-order valence-electron chi connectivity index (χ4n) is 2.50. The number of nitrogens with zero attached hydrogens (tertiary/aromatic N) is 1. The van der Waals surface area contributed by atoms with Crippen LogP contribution in [0.5, 0.6) is 0 Å². The number of rotatable bonds is 5. The molecule has 28 heavy (non-hydrogen) atoms. The third-order valence-electron chi connectivity index (χ3n) is 4.08. The number of aryl methyl sites for hydroxylation is 1. The Hall–Kier alpha value is -3.25. The molecular formula is C21H17ClFN3O2. The summed E-state index contributed by atoms with van der Waals surface area (Å²) in [6, 6.07) is 12.5. The average molecular weight is 398 g/mol. The van der Waals surface area contributed by atoms with E-state index in [2.05, 4.69) is 15.6 Å². The Labute approximate surface area is 166 Å². The maximum Gasteiger partial charge on any atom is 0.257 e. The van der Waals surface area contributed by atoms with E-state index in [1.54, 1.807) is 30.3 Å². The van der Waals surface area contributed by atoms with Crippen molar-refractivity contribution in [1.29, 1.82) is 0 Å². The molecule has 7 heteroatoms. The Morgan fingerprint density at radius 3 is 2.39 bits per heavy atom. The van der Waals surface area contributed by atoms with Crippen LogP contribution >= 0.6 is 11.6 Å². The first-order chi connectivity index (χ1) is 13.4. The highest BCUT2D eigenvalue weighted by Crippen LogP contribution is 2.21. The Bertz CT molecular complexity index is 1020. The predicted octanol–water partition coefficient (Wildman–Crippen LogP) is 4.36. The third-order valence-corrected chi connectivity index (χ3v) is 4.31. The zero-order valence-electron chi connectivity index (χ0n) is 15.0. The molecule has 0 bridgehead atoms. The van der Waals surface area contributed by atoms with E-state index in [0.717, 1.165) is 11.1 Å². The van der Waals surface area contributed by atoms with E-state index in [0.29, 0.717) is 10.7 Å². The number of benzene rings is 2. The molecule has 2 aromatic carbocycles. The van der Waals surface area contributed by atoms with Gasteiger partial charge in [0.15, 0.2) is 0 Å². The lowest BCUT2D eigenvalue weighted by Crippen LogP contribution is -2.23. The van der Waals surface area contributed by atoms with Crippen LogP contribution in [0.1, 0.15) is 31.8 Å². The number of amides is 2. The van der Waals surface area contributed by atoms with Gasteiger partial charge >= 0.3 is 0 Å². The topological polar surface area (TPSA) is 71.1 Å². The summed E-state index contributed by atoms with van der Waals surface area (Å²) in [7, 11) is 0. The normalized spacial score (nSPS) is 10.4. The van der Waals surface area contributed by atoms with E-state index < -0.39 is 5.91 Å². The van der Waals surface area contributed by atoms with E-state index in [4.69, 9.17) is 11.6 Å². The van der Waals surface area contributed by atoms with Crippen LogP contribution in [0.3, 0.4) is 0 Å². The molecular weight excluding hydrogens is 381 g/mol. The number of halogens is 2. The third kappa shape index (κ3) is 4.92. The van der Waals surface area contributed by atoms with Crippen LogP contribution in [0.2, 0.25) is 5.02 Å². The minimum atomic E-state index is -0.397. The van der Waals surface area contributed by atoms with Crippen molar-refractivity contribution in [2.45, 2.75) is 13.5 Å². The summed E-state index contributed by atoms with van der Waals surface area (Å²) in [5.41, 5.74) is 2.70. The van der Waals surface area contributed by atoms with Crippen molar-refractivity contribution in [3.8, 4) is 0 Å². The molecule has 1 heterocycles. The highest BCUT2D eigenvalue weighted by atomic mass is 35.5. The van der Waals surface area contributed by atoms with Crippen LogP contribution in [-0.2, 0) is 6.54 Å². The monoisotopic (exact) mass is 397 g/mol. The number of anilines is 1. The molecule has 2 amide bonds. The first kappa shape index (κ1) is 19.5. The highest BCUT2D eigenvalue weighted by Gasteiger charge is 2.13. The van der Waals surface area contributed by atoms with Crippen LogP contribution in [0.4, 0.5) is 10.1 Å². The number of hydrogen-bond donors (Lipinski definition) is 2. The quantitative estimate of drug-likeness (QED) is 0.671. The number of carbonyl (C=O) groups is 2. The van der Waals surface area contributed by atoms with Gasteiger partial charge in [-0.2, -0.15) is 0 Å². The molecule has 0 saturated heterocycles. The summed E-state index contributed by atoms with van der Waals surface area (Å²) >= 11 is 5.97. The van der Waals surface area contributed by atoms with Crippen molar-refractivity contribution < 1.29 is 14.0 Å². The van der Waals surface area contributed by atoms with Gasteiger partial charge in [0, 0.05) is 29.6 Å². The Morgan fingerprint density at radius 2 is 1.68 bits per heavy atom. The average Bonchev–Trinajstić information content (AvgIpc) is 2.70. The van der Waals surface area contributed by atoms with Gasteiger partial charge in [-0.3, -0.25) is 14.6 Å². The van der Waals surface area contributed by atoms with Crippen molar-refractivity contribution in [2.24, 2.45) is 0 Å². The summed E-state index contributed by atoms with van der Waals surface area (Å²) in [4.78, 5) is 28.8. The predicted molar refractivity (Wildman–Crippen MR) is 106 cm³/mol. The summed E-state index contributed by atoms with van der Waals surface area (Å²) in [6.07, 6.45) is 2.76.